The number of carboxylic acids is 2. The van der Waals surface area contributed by atoms with Crippen molar-refractivity contribution in [1.29, 1.82) is 0 Å². The Morgan fingerprint density at radius 2 is 0.987 bits per heavy atom. The quantitative estimate of drug-likeness (QED) is 0.165. The van der Waals surface area contributed by atoms with Crippen LogP contribution in [0.15, 0.2) is 0 Å². The van der Waals surface area contributed by atoms with Gasteiger partial charge in [-0.1, -0.05) is 95.9 Å². The van der Waals surface area contributed by atoms with Gasteiger partial charge in [-0.25, -0.2) is 4.79 Å². The Bertz CT molecular complexity index is 2220. The maximum absolute atomic E-state index is 15.0. The second kappa shape index (κ2) is 30.3. The molecule has 79 heavy (non-hydrogen) atoms. The predicted molar refractivity (Wildman–Crippen MR) is 291 cm³/mol. The van der Waals surface area contributed by atoms with Gasteiger partial charge in [0.15, 0.2) is 6.10 Å². The van der Waals surface area contributed by atoms with Crippen LogP contribution in [0.3, 0.4) is 0 Å². The number of aliphatic carboxylic acids is 2. The zero-order valence-corrected chi connectivity index (χ0v) is 50.0. The lowest BCUT2D eigenvalue weighted by Gasteiger charge is -2.41. The van der Waals surface area contributed by atoms with E-state index in [0.29, 0.717) is 12.8 Å². The van der Waals surface area contributed by atoms with E-state index in [0.717, 1.165) is 19.6 Å². The Labute approximate surface area is 466 Å². The summed E-state index contributed by atoms with van der Waals surface area (Å²) in [6.07, 6.45) is -1.55. The third kappa shape index (κ3) is 17.6. The average Bonchev–Trinajstić information content (AvgIpc) is 3.36. The number of piperidine rings is 1. The highest BCUT2D eigenvalue weighted by molar-refractivity contribution is 6.00. The molecule has 2 aliphatic rings. The summed E-state index contributed by atoms with van der Waals surface area (Å²) in [5.74, 6) is -14.9. The molecule has 0 aromatic carbocycles. The van der Waals surface area contributed by atoms with Crippen LogP contribution in [-0.4, -0.2) is 213 Å². The lowest BCUT2D eigenvalue weighted by molar-refractivity contribution is -0.165. The van der Waals surface area contributed by atoms with Gasteiger partial charge in [0, 0.05) is 41.8 Å². The van der Waals surface area contributed by atoms with E-state index in [4.69, 9.17) is 4.74 Å². The highest BCUT2D eigenvalue weighted by atomic mass is 16.5. The summed E-state index contributed by atoms with van der Waals surface area (Å²) in [5, 5.41) is 28.2. The first-order chi connectivity index (χ1) is 36.6. The van der Waals surface area contributed by atoms with Crippen molar-refractivity contribution in [3.63, 3.8) is 0 Å². The van der Waals surface area contributed by atoms with Crippen molar-refractivity contribution in [2.75, 3.05) is 41.8 Å². The number of nitrogens with one attached hydrogen (secondary N) is 3. The Hall–Kier alpha value is -6.36. The summed E-state index contributed by atoms with van der Waals surface area (Å²) in [6, 6.07) is -12.8. The van der Waals surface area contributed by atoms with Crippen LogP contribution in [0, 0.1) is 35.5 Å². The first kappa shape index (κ1) is 68.7. The molecule has 448 valence electrons. The number of hydrogen-bond acceptors (Lipinski definition) is 13. The number of carbonyl (C=O) groups excluding carboxylic acids is 10. The second-order valence-electron chi connectivity index (χ2n) is 23.1. The van der Waals surface area contributed by atoms with Crippen molar-refractivity contribution in [3.8, 4) is 0 Å². The molecule has 12 atom stereocenters. The molecule has 0 aromatic rings. The Kier molecular flexibility index (Phi) is 26.4. The molecule has 2 saturated heterocycles. The molecule has 2 rings (SSSR count). The van der Waals surface area contributed by atoms with Gasteiger partial charge in [0.2, 0.25) is 47.3 Å². The maximum atomic E-state index is 15.0. The van der Waals surface area contributed by atoms with Gasteiger partial charge in [0.1, 0.15) is 54.4 Å². The lowest BCUT2D eigenvalue weighted by Crippen LogP contribution is -2.63. The maximum Gasteiger partial charge on any atom is 0.329 e. The third-order valence-corrected chi connectivity index (χ3v) is 15.5. The minimum atomic E-state index is -1.80. The van der Waals surface area contributed by atoms with E-state index in [1.165, 1.54) is 52.0 Å². The molecular weight excluding hydrogens is 1030 g/mol. The number of esters is 1. The van der Waals surface area contributed by atoms with E-state index in [2.05, 4.69) is 16.0 Å². The molecular formula is C55H93N9O15. The van der Waals surface area contributed by atoms with Gasteiger partial charge in [-0.2, -0.15) is 0 Å². The molecule has 24 nitrogen and oxygen atoms in total. The normalized spacial score (nSPS) is 28.0. The molecule has 9 amide bonds. The number of likely N-dealkylation sites (N-methyl/N-ethyl adjacent to an activating group) is 5. The minimum absolute atomic E-state index is 0.0213. The van der Waals surface area contributed by atoms with Gasteiger partial charge in [0.25, 0.3) is 5.91 Å². The van der Waals surface area contributed by atoms with E-state index in [1.807, 2.05) is 0 Å². The van der Waals surface area contributed by atoms with E-state index in [-0.39, 0.29) is 38.1 Å². The molecule has 0 aliphatic carbocycles. The molecule has 0 unspecified atom stereocenters. The minimum Gasteiger partial charge on any atom is -0.481 e. The SMILES string of the molecule is CC[C@H](C)[C@H]1C(=O)N[C@@H](CC(=O)O)C(=O)N(C)[C@@H](C(C)C)C(=O)N[C@@H](CC(C)C)C(=O)O[C@H](C)C(=O)N2CCCC[C@H]2C(=O)N(C)[C@@H](C(C)C)C(=O)N[C@@H](C(C)C)C(=O)N(C)[C@@H](CC(=O)O)C(=O)N(C)[C@@H]([C@@H](C)CC)C(=O)N1C. The van der Waals surface area contributed by atoms with Crippen LogP contribution in [0.1, 0.15) is 141 Å². The summed E-state index contributed by atoms with van der Waals surface area (Å²) in [5.41, 5.74) is 0. The molecule has 0 radical (unpaired) electrons. The standard InChI is InChI=1S/C55H93N9O15/c1-19-32(11)44-48(71)56-35(26-39(65)66)50(73)60(15)42(30(7)8)46(69)57-36(25-28(3)4)55(78)79-34(13)49(72)64-24-22-21-23-37(64)51(74)61(16)43(31(9)10)47(70)58-41(29(5)6)53(76)59(14)38(27-40(67)68)52(75)63(18)45(33(12)20-2)54(77)62(44)17/h28-38,41-45H,19-27H2,1-18H3,(H,56,71)(H,57,69)(H,58,70)(H,65,66)(H,67,68)/t32-,33-,34+,35-,36-,37-,38-,41-,42-,43-,44-,45-/m0/s1. The van der Waals surface area contributed by atoms with E-state index in [9.17, 15) is 67.7 Å². The van der Waals surface area contributed by atoms with Crippen LogP contribution in [0.4, 0.5) is 0 Å². The second-order valence-corrected chi connectivity index (χ2v) is 23.1. The number of ether oxygens (including phenoxy) is 1. The fourth-order valence-corrected chi connectivity index (χ4v) is 10.6. The van der Waals surface area contributed by atoms with Gasteiger partial charge in [-0.3, -0.25) is 52.7 Å². The van der Waals surface area contributed by atoms with E-state index >= 15 is 0 Å². The molecule has 0 bridgehead atoms. The van der Waals surface area contributed by atoms with Crippen molar-refractivity contribution in [1.82, 2.24) is 45.3 Å². The number of carbonyl (C=O) groups is 12. The van der Waals surface area contributed by atoms with Crippen LogP contribution < -0.4 is 16.0 Å². The van der Waals surface area contributed by atoms with Crippen LogP contribution in [0.5, 0.6) is 0 Å². The van der Waals surface area contributed by atoms with Gasteiger partial charge in [-0.05, 0) is 68.1 Å². The van der Waals surface area contributed by atoms with Gasteiger partial charge < -0.3 is 60.3 Å². The zero-order valence-electron chi connectivity index (χ0n) is 50.0. The third-order valence-electron chi connectivity index (χ3n) is 15.5. The van der Waals surface area contributed by atoms with Gasteiger partial charge in [-0.15, -0.1) is 0 Å². The molecule has 24 heteroatoms. The van der Waals surface area contributed by atoms with Crippen LogP contribution in [0.2, 0.25) is 0 Å². The van der Waals surface area contributed by atoms with Crippen LogP contribution >= 0.6 is 0 Å². The van der Waals surface area contributed by atoms with Crippen molar-refractivity contribution >= 4 is 71.1 Å². The summed E-state index contributed by atoms with van der Waals surface area (Å²) in [6.45, 7) is 21.6. The molecule has 2 aliphatic heterocycles. The molecule has 0 aromatic heterocycles. The van der Waals surface area contributed by atoms with Gasteiger partial charge in [0.05, 0.1) is 12.8 Å². The predicted octanol–water partition coefficient (Wildman–Crippen LogP) is 1.96. The Morgan fingerprint density at radius 3 is 1.47 bits per heavy atom. The Balaban J connectivity index is 3.01. The smallest absolute Gasteiger partial charge is 0.329 e. The summed E-state index contributed by atoms with van der Waals surface area (Å²) < 4.78 is 5.75. The van der Waals surface area contributed by atoms with E-state index < -0.39 is 174 Å². The van der Waals surface area contributed by atoms with Crippen LogP contribution in [0.25, 0.3) is 0 Å². The number of amides is 9. The number of carboxylic acid groups (broad SMARTS) is 2. The molecule has 0 saturated carbocycles. The fraction of sp³-hybridized carbons (Fsp3) is 0.782. The van der Waals surface area contributed by atoms with Crippen molar-refractivity contribution < 1.29 is 72.5 Å². The monoisotopic (exact) mass is 1120 g/mol. The van der Waals surface area contributed by atoms with Crippen molar-refractivity contribution in [2.45, 2.75) is 202 Å². The number of fused-ring (bicyclic) bond motifs is 1. The number of nitrogens with zero attached hydrogens (tertiary/aromatic N) is 6. The summed E-state index contributed by atoms with van der Waals surface area (Å²) >= 11 is 0. The van der Waals surface area contributed by atoms with Gasteiger partial charge >= 0.3 is 17.9 Å². The Morgan fingerprint density at radius 1 is 0.532 bits per heavy atom. The van der Waals surface area contributed by atoms with Crippen molar-refractivity contribution in [3.05, 3.63) is 0 Å². The fourth-order valence-electron chi connectivity index (χ4n) is 10.6. The molecule has 0 spiro atoms. The highest BCUT2D eigenvalue weighted by Crippen LogP contribution is 2.27. The number of rotatable bonds is 13. The zero-order chi connectivity index (χ0) is 60.8. The van der Waals surface area contributed by atoms with E-state index in [1.54, 1.807) is 83.1 Å². The molecule has 5 N–H and O–H groups in total. The topological polar surface area (TPSA) is 310 Å². The number of cyclic esters (lactones) is 1. The average molecular weight is 1120 g/mol. The lowest BCUT2D eigenvalue weighted by atomic mass is 9.92. The van der Waals surface area contributed by atoms with Crippen LogP contribution in [-0.2, 0) is 62.3 Å². The summed E-state index contributed by atoms with van der Waals surface area (Å²) in [7, 11) is 6.43. The first-order valence-corrected chi connectivity index (χ1v) is 27.8. The first-order valence-electron chi connectivity index (χ1n) is 27.8. The molecule has 2 heterocycles. The largest absolute Gasteiger partial charge is 0.481 e. The summed E-state index contributed by atoms with van der Waals surface area (Å²) in [4.78, 5) is 177. The molecule has 2 fully saturated rings. The number of hydrogen-bond donors (Lipinski definition) is 5. The van der Waals surface area contributed by atoms with Crippen molar-refractivity contribution in [2.24, 2.45) is 35.5 Å². The highest BCUT2D eigenvalue weighted by Gasteiger charge is 2.46.